The van der Waals surface area contributed by atoms with Gasteiger partial charge in [0, 0.05) is 0 Å². The summed E-state index contributed by atoms with van der Waals surface area (Å²) in [6, 6.07) is 24.4. The van der Waals surface area contributed by atoms with E-state index in [4.69, 9.17) is 0 Å². The summed E-state index contributed by atoms with van der Waals surface area (Å²) >= 11 is 1.44. The number of Topliss-reactive ketones (excluding diaryl/α,β-unsaturated/α-hetero) is 1. The van der Waals surface area contributed by atoms with Gasteiger partial charge in [0.2, 0.25) is 0 Å². The Kier molecular flexibility index (Phi) is 5.89. The van der Waals surface area contributed by atoms with Gasteiger partial charge in [-0.1, -0.05) is 0 Å². The van der Waals surface area contributed by atoms with Crippen molar-refractivity contribution in [2.24, 2.45) is 5.92 Å². The number of carbonyl (C=O) groups excluding carboxylic acids is 1. The van der Waals surface area contributed by atoms with E-state index in [0.717, 1.165) is 9.47 Å². The van der Waals surface area contributed by atoms with Crippen molar-refractivity contribution in [3.8, 4) is 6.07 Å². The van der Waals surface area contributed by atoms with E-state index < -0.39 is 17.6 Å². The molecular formula is C24H20N2O2SSe. The molecule has 6 heteroatoms. The molecule has 3 atom stereocenters. The molecule has 4 nitrogen and oxygen atoms in total. The van der Waals surface area contributed by atoms with Crippen LogP contribution in [0.25, 0.3) is 0 Å². The van der Waals surface area contributed by atoms with E-state index in [1.807, 2.05) is 71.9 Å². The van der Waals surface area contributed by atoms with Crippen LogP contribution in [0.3, 0.4) is 0 Å². The number of rotatable bonds is 5. The number of allylic oxidation sites excluding steroid dienone is 1. The zero-order chi connectivity index (χ0) is 21.1. The molecule has 30 heavy (non-hydrogen) atoms. The molecule has 0 spiro atoms. The number of nitriles is 1. The van der Waals surface area contributed by atoms with E-state index >= 15 is 0 Å². The van der Waals surface area contributed by atoms with Crippen molar-refractivity contribution >= 4 is 32.1 Å². The molecule has 0 amide bonds. The van der Waals surface area contributed by atoms with Gasteiger partial charge in [0.05, 0.1) is 0 Å². The molecule has 3 aromatic rings. The summed E-state index contributed by atoms with van der Waals surface area (Å²) in [6.45, 7) is 0. The molecule has 2 heterocycles. The predicted octanol–water partition coefficient (Wildman–Crippen LogP) is 4.27. The average molecular weight is 479 g/mol. The molecule has 0 saturated heterocycles. The second kappa shape index (κ2) is 8.59. The number of benzene rings is 2. The van der Waals surface area contributed by atoms with Crippen LogP contribution in [0.4, 0.5) is 0 Å². The molecule has 0 radical (unpaired) electrons. The van der Waals surface area contributed by atoms with Gasteiger partial charge in [-0.2, -0.15) is 0 Å². The Labute approximate surface area is 186 Å². The third-order valence-electron chi connectivity index (χ3n) is 5.37. The van der Waals surface area contributed by atoms with E-state index in [0.29, 0.717) is 16.7 Å². The van der Waals surface area contributed by atoms with E-state index in [-0.39, 0.29) is 20.7 Å². The van der Waals surface area contributed by atoms with Gasteiger partial charge >= 0.3 is 186 Å². The first-order valence-corrected chi connectivity index (χ1v) is 12.9. The van der Waals surface area contributed by atoms with Crippen LogP contribution in [-0.4, -0.2) is 25.8 Å². The molecule has 0 bridgehead atoms. The zero-order valence-electron chi connectivity index (χ0n) is 16.3. The van der Waals surface area contributed by atoms with E-state index in [1.165, 1.54) is 11.3 Å². The predicted molar refractivity (Wildman–Crippen MR) is 119 cm³/mol. The number of hydrogen-bond donors (Lipinski definition) is 2. The van der Waals surface area contributed by atoms with E-state index in [2.05, 4.69) is 11.4 Å². The molecule has 2 aromatic carbocycles. The zero-order valence-corrected chi connectivity index (χ0v) is 18.8. The summed E-state index contributed by atoms with van der Waals surface area (Å²) in [5.41, 5.74) is 0.0356. The molecule has 150 valence electrons. The Morgan fingerprint density at radius 1 is 1.10 bits per heavy atom. The molecule has 1 aliphatic heterocycles. The fraction of sp³-hybridized carbons (Fsp3) is 0.167. The Morgan fingerprint density at radius 2 is 1.77 bits per heavy atom. The first-order chi connectivity index (χ1) is 14.6. The Bertz CT molecular complexity index is 1110. The third kappa shape index (κ3) is 3.51. The second-order valence-electron chi connectivity index (χ2n) is 7.02. The van der Waals surface area contributed by atoms with Crippen LogP contribution < -0.4 is 5.32 Å². The van der Waals surface area contributed by atoms with Crippen molar-refractivity contribution in [1.82, 2.24) is 5.32 Å². The molecule has 4 rings (SSSR count). The number of ketones is 1. The van der Waals surface area contributed by atoms with Gasteiger partial charge in [-0.25, -0.2) is 0 Å². The fourth-order valence-corrected chi connectivity index (χ4v) is 6.23. The molecule has 2 N–H and O–H groups in total. The Hall–Kier alpha value is -2.68. The van der Waals surface area contributed by atoms with Crippen LogP contribution in [0.5, 0.6) is 0 Å². The molecule has 0 unspecified atom stereocenters. The SMILES string of the molecule is C[Se]C1=C(C#N)[C@@H](c2cccs2)[C@H](C(=O)c2ccccc2)[C@@](O)(c2ccccc2)N1. The summed E-state index contributed by atoms with van der Waals surface area (Å²) in [5.74, 6) is 0.402. The molecule has 0 aliphatic carbocycles. The minimum atomic E-state index is -1.63. The summed E-state index contributed by atoms with van der Waals surface area (Å²) in [4.78, 5) is 14.7. The average Bonchev–Trinajstić information content (AvgIpc) is 3.33. The van der Waals surface area contributed by atoms with Gasteiger partial charge in [-0.3, -0.25) is 0 Å². The van der Waals surface area contributed by atoms with Crippen molar-refractivity contribution < 1.29 is 9.90 Å². The van der Waals surface area contributed by atoms with Crippen LogP contribution in [0.15, 0.2) is 88.3 Å². The maximum atomic E-state index is 13.8. The van der Waals surface area contributed by atoms with Crippen molar-refractivity contribution in [2.75, 3.05) is 0 Å². The van der Waals surface area contributed by atoms with Gasteiger partial charge < -0.3 is 0 Å². The molecule has 1 aliphatic rings. The topological polar surface area (TPSA) is 73.1 Å². The number of nitrogens with zero attached hydrogens (tertiary/aromatic N) is 1. The number of hydrogen-bond acceptors (Lipinski definition) is 5. The van der Waals surface area contributed by atoms with E-state index in [1.54, 1.807) is 12.1 Å². The van der Waals surface area contributed by atoms with E-state index in [9.17, 15) is 15.2 Å². The summed E-state index contributed by atoms with van der Waals surface area (Å²) in [7, 11) is 0. The first kappa shape index (κ1) is 20.6. The van der Waals surface area contributed by atoms with Crippen LogP contribution in [0.2, 0.25) is 5.82 Å². The van der Waals surface area contributed by atoms with Crippen LogP contribution in [0.1, 0.15) is 26.7 Å². The van der Waals surface area contributed by atoms with Crippen molar-refractivity contribution in [2.45, 2.75) is 17.5 Å². The molecule has 1 aromatic heterocycles. The van der Waals surface area contributed by atoms with Crippen LogP contribution >= 0.6 is 11.3 Å². The summed E-state index contributed by atoms with van der Waals surface area (Å²) in [6.07, 6.45) is 0. The number of aliphatic hydroxyl groups is 1. The van der Waals surface area contributed by atoms with Crippen LogP contribution in [0, 0.1) is 17.2 Å². The second-order valence-corrected chi connectivity index (χ2v) is 9.71. The van der Waals surface area contributed by atoms with Crippen molar-refractivity contribution in [3.63, 3.8) is 0 Å². The van der Waals surface area contributed by atoms with Gasteiger partial charge in [-0.15, -0.1) is 0 Å². The van der Waals surface area contributed by atoms with Gasteiger partial charge in [0.15, 0.2) is 0 Å². The summed E-state index contributed by atoms with van der Waals surface area (Å²) < 4.78 is 0.729. The Morgan fingerprint density at radius 3 is 2.33 bits per heavy atom. The quantitative estimate of drug-likeness (QED) is 0.424. The summed E-state index contributed by atoms with van der Waals surface area (Å²) in [5, 5.41) is 27.3. The molecule has 0 saturated carbocycles. The van der Waals surface area contributed by atoms with Crippen LogP contribution in [-0.2, 0) is 5.72 Å². The van der Waals surface area contributed by atoms with Gasteiger partial charge in [0.25, 0.3) is 0 Å². The fourth-order valence-electron chi connectivity index (χ4n) is 3.99. The van der Waals surface area contributed by atoms with Crippen molar-refractivity contribution in [1.29, 1.82) is 5.26 Å². The monoisotopic (exact) mass is 480 g/mol. The number of carbonyl (C=O) groups is 1. The standard InChI is InChI=1S/C24H20N2O2SSe/c1-30-23-18(15-25)20(19-13-8-14-29-19)21(22(27)16-9-4-2-5-10-16)24(28,26-23)17-11-6-3-7-12-17/h2-14,20-21,26,28H,1H3/t20-,21+,24-/m0/s1. The third-order valence-corrected chi connectivity index (χ3v) is 7.86. The normalized spacial score (nSPS) is 23.5. The van der Waals surface area contributed by atoms with Gasteiger partial charge in [0.1, 0.15) is 0 Å². The van der Waals surface area contributed by atoms with Gasteiger partial charge in [-0.05, 0) is 0 Å². The molecule has 0 fully saturated rings. The Balaban J connectivity index is 1.99. The molecular weight excluding hydrogens is 459 g/mol. The maximum absolute atomic E-state index is 13.8. The first-order valence-electron chi connectivity index (χ1n) is 9.47. The van der Waals surface area contributed by atoms with Crippen molar-refractivity contribution in [3.05, 3.63) is 104 Å². The minimum absolute atomic E-state index is 0.0654. The number of thiophene rings is 1. The number of nitrogens with one attached hydrogen (secondary N) is 1.